The molecule has 1 N–H and O–H groups in total. The van der Waals surface area contributed by atoms with Gasteiger partial charge in [0.1, 0.15) is 0 Å². The Morgan fingerprint density at radius 3 is 2.76 bits per heavy atom. The molecule has 2 fully saturated rings. The van der Waals surface area contributed by atoms with E-state index in [-0.39, 0.29) is 0 Å². The predicted octanol–water partition coefficient (Wildman–Crippen LogP) is 1.54. The SMILES string of the molecule is CCN(CC1CCCN1)C1CCCN(C)CC1. The van der Waals surface area contributed by atoms with Crippen LogP contribution in [0.15, 0.2) is 0 Å². The maximum absolute atomic E-state index is 3.63. The summed E-state index contributed by atoms with van der Waals surface area (Å²) in [6.07, 6.45) is 6.87. The van der Waals surface area contributed by atoms with E-state index < -0.39 is 0 Å². The van der Waals surface area contributed by atoms with Gasteiger partial charge in [0.25, 0.3) is 0 Å². The Labute approximate surface area is 107 Å². The van der Waals surface area contributed by atoms with Gasteiger partial charge in [0, 0.05) is 18.6 Å². The van der Waals surface area contributed by atoms with Crippen LogP contribution in [0.1, 0.15) is 39.0 Å². The minimum Gasteiger partial charge on any atom is -0.313 e. The topological polar surface area (TPSA) is 18.5 Å². The molecule has 2 heterocycles. The van der Waals surface area contributed by atoms with Crippen molar-refractivity contribution in [2.24, 2.45) is 0 Å². The summed E-state index contributed by atoms with van der Waals surface area (Å²) < 4.78 is 0. The molecule has 2 atom stereocenters. The van der Waals surface area contributed by atoms with Crippen LogP contribution >= 0.6 is 0 Å². The van der Waals surface area contributed by atoms with Gasteiger partial charge in [0.05, 0.1) is 0 Å². The van der Waals surface area contributed by atoms with Gasteiger partial charge in [-0.2, -0.15) is 0 Å². The van der Waals surface area contributed by atoms with Gasteiger partial charge in [0.2, 0.25) is 0 Å². The zero-order valence-corrected chi connectivity index (χ0v) is 11.6. The molecule has 0 amide bonds. The molecule has 2 aliphatic rings. The quantitative estimate of drug-likeness (QED) is 0.803. The fourth-order valence-electron chi connectivity index (χ4n) is 3.32. The average Bonchev–Trinajstić information content (AvgIpc) is 2.75. The Kier molecular flexibility index (Phi) is 5.26. The molecule has 3 heteroatoms. The van der Waals surface area contributed by atoms with Crippen LogP contribution < -0.4 is 5.32 Å². The van der Waals surface area contributed by atoms with Crippen molar-refractivity contribution >= 4 is 0 Å². The maximum atomic E-state index is 3.63. The van der Waals surface area contributed by atoms with Crippen LogP contribution in [0.25, 0.3) is 0 Å². The van der Waals surface area contributed by atoms with Crippen LogP contribution in [0, 0.1) is 0 Å². The van der Waals surface area contributed by atoms with E-state index in [9.17, 15) is 0 Å². The molecule has 0 aromatic heterocycles. The van der Waals surface area contributed by atoms with Gasteiger partial charge in [-0.3, -0.25) is 4.90 Å². The lowest BCUT2D eigenvalue weighted by molar-refractivity contribution is 0.172. The number of nitrogens with zero attached hydrogens (tertiary/aromatic N) is 2. The summed E-state index contributed by atoms with van der Waals surface area (Å²) in [6, 6.07) is 1.59. The van der Waals surface area contributed by atoms with Gasteiger partial charge < -0.3 is 10.2 Å². The molecule has 100 valence electrons. The number of likely N-dealkylation sites (tertiary alicyclic amines) is 1. The molecular weight excluding hydrogens is 210 g/mol. The molecule has 0 saturated carbocycles. The molecule has 0 radical (unpaired) electrons. The van der Waals surface area contributed by atoms with Crippen molar-refractivity contribution in [1.82, 2.24) is 15.1 Å². The molecular formula is C14H29N3. The Morgan fingerprint density at radius 1 is 1.18 bits per heavy atom. The zero-order chi connectivity index (χ0) is 12.1. The molecule has 2 unspecified atom stereocenters. The highest BCUT2D eigenvalue weighted by Gasteiger charge is 2.24. The molecule has 2 aliphatic heterocycles. The van der Waals surface area contributed by atoms with Crippen molar-refractivity contribution < 1.29 is 0 Å². The van der Waals surface area contributed by atoms with Gasteiger partial charge in [-0.15, -0.1) is 0 Å². The summed E-state index contributed by atoms with van der Waals surface area (Å²) in [5.74, 6) is 0. The highest BCUT2D eigenvalue weighted by molar-refractivity contribution is 4.82. The summed E-state index contributed by atoms with van der Waals surface area (Å²) in [5.41, 5.74) is 0. The van der Waals surface area contributed by atoms with Crippen LogP contribution in [0.2, 0.25) is 0 Å². The Bertz CT molecular complexity index is 214. The van der Waals surface area contributed by atoms with E-state index in [1.54, 1.807) is 0 Å². The summed E-state index contributed by atoms with van der Waals surface area (Å²) in [5, 5.41) is 3.63. The standard InChI is InChI=1S/C14H29N3/c1-3-17(12-13-6-4-9-15-13)14-7-5-10-16(2)11-8-14/h13-15H,3-12H2,1-2H3. The monoisotopic (exact) mass is 239 g/mol. The Hall–Kier alpha value is -0.120. The maximum Gasteiger partial charge on any atom is 0.0195 e. The van der Waals surface area contributed by atoms with E-state index in [1.165, 1.54) is 64.8 Å². The number of likely N-dealkylation sites (N-methyl/N-ethyl adjacent to an activating group) is 1. The van der Waals surface area contributed by atoms with E-state index in [4.69, 9.17) is 0 Å². The third-order valence-corrected chi connectivity index (χ3v) is 4.46. The second-order valence-electron chi connectivity index (χ2n) is 5.77. The van der Waals surface area contributed by atoms with E-state index in [2.05, 4.69) is 29.1 Å². The zero-order valence-electron chi connectivity index (χ0n) is 11.6. The minimum atomic E-state index is 0.760. The molecule has 17 heavy (non-hydrogen) atoms. The minimum absolute atomic E-state index is 0.760. The van der Waals surface area contributed by atoms with Crippen LogP contribution in [0.3, 0.4) is 0 Å². The number of hydrogen-bond donors (Lipinski definition) is 1. The first kappa shape index (κ1) is 13.3. The summed E-state index contributed by atoms with van der Waals surface area (Å²) in [6.45, 7) is 8.60. The fourth-order valence-corrected chi connectivity index (χ4v) is 3.32. The molecule has 2 rings (SSSR count). The number of rotatable bonds is 4. The second-order valence-corrected chi connectivity index (χ2v) is 5.77. The van der Waals surface area contributed by atoms with Crippen LogP contribution in [0.4, 0.5) is 0 Å². The normalized spacial score (nSPS) is 31.9. The third-order valence-electron chi connectivity index (χ3n) is 4.46. The van der Waals surface area contributed by atoms with E-state index >= 15 is 0 Å². The van der Waals surface area contributed by atoms with Crippen molar-refractivity contribution in [3.63, 3.8) is 0 Å². The van der Waals surface area contributed by atoms with E-state index in [0.717, 1.165) is 12.1 Å². The largest absolute Gasteiger partial charge is 0.313 e. The Balaban J connectivity index is 1.83. The predicted molar refractivity (Wildman–Crippen MR) is 73.4 cm³/mol. The Morgan fingerprint density at radius 2 is 2.06 bits per heavy atom. The van der Waals surface area contributed by atoms with Gasteiger partial charge in [-0.05, 0) is 65.3 Å². The first-order valence-corrected chi connectivity index (χ1v) is 7.45. The summed E-state index contributed by atoms with van der Waals surface area (Å²) >= 11 is 0. The average molecular weight is 239 g/mol. The summed E-state index contributed by atoms with van der Waals surface area (Å²) in [4.78, 5) is 5.21. The van der Waals surface area contributed by atoms with Gasteiger partial charge in [-0.25, -0.2) is 0 Å². The number of hydrogen-bond acceptors (Lipinski definition) is 3. The molecule has 0 spiro atoms. The van der Waals surface area contributed by atoms with Gasteiger partial charge >= 0.3 is 0 Å². The van der Waals surface area contributed by atoms with Crippen LogP contribution in [0.5, 0.6) is 0 Å². The molecule has 0 aromatic carbocycles. The second kappa shape index (κ2) is 6.72. The van der Waals surface area contributed by atoms with Gasteiger partial charge in [-0.1, -0.05) is 6.92 Å². The molecule has 0 aliphatic carbocycles. The molecule has 2 saturated heterocycles. The molecule has 0 bridgehead atoms. The van der Waals surface area contributed by atoms with Gasteiger partial charge in [0.15, 0.2) is 0 Å². The highest BCUT2D eigenvalue weighted by Crippen LogP contribution is 2.18. The van der Waals surface area contributed by atoms with Crippen LogP contribution in [-0.4, -0.2) is 61.7 Å². The third kappa shape index (κ3) is 3.94. The lowest BCUT2D eigenvalue weighted by Gasteiger charge is -2.32. The fraction of sp³-hybridized carbons (Fsp3) is 1.00. The smallest absolute Gasteiger partial charge is 0.0195 e. The summed E-state index contributed by atoms with van der Waals surface area (Å²) in [7, 11) is 2.26. The van der Waals surface area contributed by atoms with Crippen molar-refractivity contribution in [1.29, 1.82) is 0 Å². The van der Waals surface area contributed by atoms with Crippen molar-refractivity contribution in [3.8, 4) is 0 Å². The molecule has 3 nitrogen and oxygen atoms in total. The lowest BCUT2D eigenvalue weighted by atomic mass is 10.1. The molecule has 0 aromatic rings. The van der Waals surface area contributed by atoms with Crippen molar-refractivity contribution in [2.45, 2.75) is 51.1 Å². The highest BCUT2D eigenvalue weighted by atomic mass is 15.2. The number of nitrogens with one attached hydrogen (secondary N) is 1. The van der Waals surface area contributed by atoms with E-state index in [0.29, 0.717) is 0 Å². The van der Waals surface area contributed by atoms with Crippen LogP contribution in [-0.2, 0) is 0 Å². The van der Waals surface area contributed by atoms with E-state index in [1.807, 2.05) is 0 Å². The first-order valence-electron chi connectivity index (χ1n) is 7.45. The first-order chi connectivity index (χ1) is 8.29. The van der Waals surface area contributed by atoms with Crippen molar-refractivity contribution in [3.05, 3.63) is 0 Å². The lowest BCUT2D eigenvalue weighted by Crippen LogP contribution is -2.43. The van der Waals surface area contributed by atoms with Crippen molar-refractivity contribution in [2.75, 3.05) is 39.8 Å².